The molecule has 134 valence electrons. The standard InChI is InChI=1S/C20H26N2O3/c1-15(2)25-14-16-7-6-10-18(13-16)22-20(24)21-12-11-19(23)17-8-4-3-5-9-17/h3-10,13,15,19,23H,11-12,14H2,1-2H3,(H2,21,22,24). The number of hydrogen-bond donors (Lipinski definition) is 3. The van der Waals surface area contributed by atoms with Crippen LogP contribution in [0, 0.1) is 0 Å². The summed E-state index contributed by atoms with van der Waals surface area (Å²) in [6.45, 7) is 4.87. The molecule has 0 bridgehead atoms. The van der Waals surface area contributed by atoms with Crippen LogP contribution in [0.5, 0.6) is 0 Å². The molecule has 25 heavy (non-hydrogen) atoms. The number of aliphatic hydroxyl groups is 1. The van der Waals surface area contributed by atoms with Crippen molar-refractivity contribution in [3.63, 3.8) is 0 Å². The summed E-state index contributed by atoms with van der Waals surface area (Å²) in [7, 11) is 0. The molecule has 2 aromatic rings. The van der Waals surface area contributed by atoms with Crippen molar-refractivity contribution >= 4 is 11.7 Å². The van der Waals surface area contributed by atoms with Crippen molar-refractivity contribution in [3.05, 3.63) is 65.7 Å². The lowest BCUT2D eigenvalue weighted by Crippen LogP contribution is -2.30. The molecule has 0 aliphatic carbocycles. The Hall–Kier alpha value is -2.37. The first-order valence-corrected chi connectivity index (χ1v) is 8.53. The number of amides is 2. The zero-order valence-electron chi connectivity index (χ0n) is 14.7. The monoisotopic (exact) mass is 342 g/mol. The summed E-state index contributed by atoms with van der Waals surface area (Å²) in [5.74, 6) is 0. The van der Waals surface area contributed by atoms with Gasteiger partial charge >= 0.3 is 6.03 Å². The van der Waals surface area contributed by atoms with E-state index in [4.69, 9.17) is 4.74 Å². The van der Waals surface area contributed by atoms with Gasteiger partial charge in [-0.25, -0.2) is 4.79 Å². The second kappa shape index (κ2) is 9.81. The summed E-state index contributed by atoms with van der Waals surface area (Å²) >= 11 is 0. The van der Waals surface area contributed by atoms with Gasteiger partial charge in [-0.15, -0.1) is 0 Å². The Morgan fingerprint density at radius 3 is 2.60 bits per heavy atom. The number of aliphatic hydroxyl groups excluding tert-OH is 1. The molecule has 0 saturated carbocycles. The maximum Gasteiger partial charge on any atom is 0.319 e. The summed E-state index contributed by atoms with van der Waals surface area (Å²) in [5, 5.41) is 15.6. The van der Waals surface area contributed by atoms with Crippen LogP contribution >= 0.6 is 0 Å². The number of carbonyl (C=O) groups is 1. The van der Waals surface area contributed by atoms with Crippen LogP contribution in [-0.2, 0) is 11.3 Å². The lowest BCUT2D eigenvalue weighted by atomic mass is 10.1. The number of benzene rings is 2. The maximum absolute atomic E-state index is 12.0. The Morgan fingerprint density at radius 1 is 1.12 bits per heavy atom. The smallest absolute Gasteiger partial charge is 0.319 e. The highest BCUT2D eigenvalue weighted by Crippen LogP contribution is 2.15. The minimum Gasteiger partial charge on any atom is -0.388 e. The Labute approximate surface area is 149 Å². The normalized spacial score (nSPS) is 12.0. The van der Waals surface area contributed by atoms with E-state index in [0.29, 0.717) is 25.3 Å². The van der Waals surface area contributed by atoms with Crippen LogP contribution in [-0.4, -0.2) is 23.8 Å². The van der Waals surface area contributed by atoms with Crippen molar-refractivity contribution in [3.8, 4) is 0 Å². The summed E-state index contributed by atoms with van der Waals surface area (Å²) < 4.78 is 5.57. The minimum atomic E-state index is -0.585. The molecular formula is C20H26N2O3. The van der Waals surface area contributed by atoms with E-state index in [-0.39, 0.29) is 12.1 Å². The highest BCUT2D eigenvalue weighted by Gasteiger charge is 2.08. The number of ether oxygens (including phenoxy) is 1. The van der Waals surface area contributed by atoms with Gasteiger partial charge < -0.3 is 20.5 Å². The van der Waals surface area contributed by atoms with Gasteiger partial charge in [-0.2, -0.15) is 0 Å². The van der Waals surface area contributed by atoms with E-state index in [1.54, 1.807) is 0 Å². The van der Waals surface area contributed by atoms with Crippen molar-refractivity contribution < 1.29 is 14.6 Å². The lowest BCUT2D eigenvalue weighted by Gasteiger charge is -2.13. The van der Waals surface area contributed by atoms with Gasteiger partial charge in [-0.3, -0.25) is 0 Å². The average molecular weight is 342 g/mol. The predicted octanol–water partition coefficient (Wildman–Crippen LogP) is 3.86. The molecule has 5 nitrogen and oxygen atoms in total. The largest absolute Gasteiger partial charge is 0.388 e. The molecule has 3 N–H and O–H groups in total. The Balaban J connectivity index is 1.75. The first-order valence-electron chi connectivity index (χ1n) is 8.53. The van der Waals surface area contributed by atoms with E-state index < -0.39 is 6.10 Å². The molecule has 1 unspecified atom stereocenters. The van der Waals surface area contributed by atoms with Gasteiger partial charge in [-0.1, -0.05) is 42.5 Å². The highest BCUT2D eigenvalue weighted by molar-refractivity contribution is 5.89. The number of anilines is 1. The molecule has 1 atom stereocenters. The topological polar surface area (TPSA) is 70.6 Å². The Morgan fingerprint density at radius 2 is 1.88 bits per heavy atom. The van der Waals surface area contributed by atoms with Crippen LogP contribution in [0.15, 0.2) is 54.6 Å². The first kappa shape index (κ1) is 19.0. The van der Waals surface area contributed by atoms with E-state index >= 15 is 0 Å². The molecule has 0 aliphatic rings. The Bertz CT molecular complexity index is 659. The molecule has 0 heterocycles. The van der Waals surface area contributed by atoms with Crippen LogP contribution < -0.4 is 10.6 Å². The number of rotatable bonds is 8. The SMILES string of the molecule is CC(C)OCc1cccc(NC(=O)NCCC(O)c2ccccc2)c1. The van der Waals surface area contributed by atoms with Gasteiger partial charge in [0.25, 0.3) is 0 Å². The molecule has 2 rings (SSSR count). The number of carbonyl (C=O) groups excluding carboxylic acids is 1. The minimum absolute atomic E-state index is 0.163. The van der Waals surface area contributed by atoms with Gasteiger partial charge in [0.2, 0.25) is 0 Å². The van der Waals surface area contributed by atoms with Crippen LogP contribution in [0.3, 0.4) is 0 Å². The predicted molar refractivity (Wildman–Crippen MR) is 99.4 cm³/mol. The summed E-state index contributed by atoms with van der Waals surface area (Å²) in [5.41, 5.74) is 2.57. The highest BCUT2D eigenvalue weighted by atomic mass is 16.5. The lowest BCUT2D eigenvalue weighted by molar-refractivity contribution is 0.0657. The third kappa shape index (κ3) is 6.95. The van der Waals surface area contributed by atoms with Crippen molar-refractivity contribution in [2.75, 3.05) is 11.9 Å². The number of hydrogen-bond acceptors (Lipinski definition) is 3. The fourth-order valence-corrected chi connectivity index (χ4v) is 2.34. The quantitative estimate of drug-likeness (QED) is 0.682. The fraction of sp³-hybridized carbons (Fsp3) is 0.350. The van der Waals surface area contributed by atoms with Gasteiger partial charge in [0.15, 0.2) is 0 Å². The van der Waals surface area contributed by atoms with E-state index in [1.807, 2.05) is 68.4 Å². The molecule has 0 radical (unpaired) electrons. The van der Waals surface area contributed by atoms with E-state index in [0.717, 1.165) is 11.1 Å². The van der Waals surface area contributed by atoms with Gasteiger partial charge in [0, 0.05) is 12.2 Å². The Kier molecular flexibility index (Phi) is 7.44. The van der Waals surface area contributed by atoms with Gasteiger partial charge in [0.1, 0.15) is 0 Å². The summed E-state index contributed by atoms with van der Waals surface area (Å²) in [4.78, 5) is 12.0. The average Bonchev–Trinajstić information content (AvgIpc) is 2.61. The van der Waals surface area contributed by atoms with E-state index in [9.17, 15) is 9.90 Å². The van der Waals surface area contributed by atoms with Crippen molar-refractivity contribution in [1.29, 1.82) is 0 Å². The zero-order valence-corrected chi connectivity index (χ0v) is 14.7. The maximum atomic E-state index is 12.0. The van der Waals surface area contributed by atoms with Crippen LogP contribution in [0.2, 0.25) is 0 Å². The molecule has 0 aliphatic heterocycles. The molecule has 0 fully saturated rings. The molecule has 0 saturated heterocycles. The molecule has 0 spiro atoms. The van der Waals surface area contributed by atoms with E-state index in [2.05, 4.69) is 10.6 Å². The number of nitrogens with one attached hydrogen (secondary N) is 2. The molecule has 5 heteroatoms. The van der Waals surface area contributed by atoms with E-state index in [1.165, 1.54) is 0 Å². The summed E-state index contributed by atoms with van der Waals surface area (Å²) in [6, 6.07) is 16.7. The van der Waals surface area contributed by atoms with Crippen LogP contribution in [0.1, 0.15) is 37.5 Å². The second-order valence-corrected chi connectivity index (χ2v) is 6.16. The third-order valence-corrected chi connectivity index (χ3v) is 3.66. The van der Waals surface area contributed by atoms with Gasteiger partial charge in [0.05, 0.1) is 18.8 Å². The van der Waals surface area contributed by atoms with Crippen molar-refractivity contribution in [1.82, 2.24) is 5.32 Å². The molecule has 0 aromatic heterocycles. The zero-order chi connectivity index (χ0) is 18.1. The van der Waals surface area contributed by atoms with Crippen LogP contribution in [0.25, 0.3) is 0 Å². The van der Waals surface area contributed by atoms with Crippen molar-refractivity contribution in [2.24, 2.45) is 0 Å². The second-order valence-electron chi connectivity index (χ2n) is 6.16. The molecule has 2 aromatic carbocycles. The molecule has 2 amide bonds. The third-order valence-electron chi connectivity index (χ3n) is 3.66. The van der Waals surface area contributed by atoms with Crippen LogP contribution in [0.4, 0.5) is 10.5 Å². The van der Waals surface area contributed by atoms with Gasteiger partial charge in [-0.05, 0) is 43.5 Å². The summed E-state index contributed by atoms with van der Waals surface area (Å²) in [6.07, 6.45) is 0.0358. The van der Waals surface area contributed by atoms with Crippen molar-refractivity contribution in [2.45, 2.75) is 39.1 Å². The molecular weight excluding hydrogens is 316 g/mol. The first-order chi connectivity index (χ1) is 12.0. The fourth-order valence-electron chi connectivity index (χ4n) is 2.34. The number of urea groups is 1.